The summed E-state index contributed by atoms with van der Waals surface area (Å²) in [6.07, 6.45) is 1.10. The van der Waals surface area contributed by atoms with Gasteiger partial charge in [0.1, 0.15) is 0 Å². The minimum atomic E-state index is 0.180. The molecule has 0 aromatic heterocycles. The van der Waals surface area contributed by atoms with E-state index >= 15 is 0 Å². The van der Waals surface area contributed by atoms with Gasteiger partial charge in [0.25, 0.3) is 0 Å². The Morgan fingerprint density at radius 1 is 1.36 bits per heavy atom. The third kappa shape index (κ3) is 1.57. The van der Waals surface area contributed by atoms with Crippen molar-refractivity contribution in [3.05, 3.63) is 34.9 Å². The van der Waals surface area contributed by atoms with Gasteiger partial charge in [-0.15, -0.1) is 0 Å². The normalized spacial score (nSPS) is 19.1. The van der Waals surface area contributed by atoms with Crippen molar-refractivity contribution in [3.8, 4) is 0 Å². The zero-order valence-corrected chi connectivity index (χ0v) is 9.26. The summed E-state index contributed by atoms with van der Waals surface area (Å²) in [7, 11) is 0. The first-order chi connectivity index (χ1) is 6.63. The molecule has 0 bridgehead atoms. The van der Waals surface area contributed by atoms with Crippen LogP contribution in [0.15, 0.2) is 18.2 Å². The third-order valence-corrected chi connectivity index (χ3v) is 3.03. The maximum Gasteiger partial charge on any atom is 0.0720 e. The first-order valence-corrected chi connectivity index (χ1v) is 5.33. The van der Waals surface area contributed by atoms with Crippen LogP contribution < -0.4 is 0 Å². The first kappa shape index (κ1) is 9.72. The molecule has 0 aliphatic carbocycles. The summed E-state index contributed by atoms with van der Waals surface area (Å²) < 4.78 is 5.61. The lowest BCUT2D eigenvalue weighted by Crippen LogP contribution is -2.30. The van der Waals surface area contributed by atoms with E-state index in [1.807, 2.05) is 0 Å². The molecule has 14 heavy (non-hydrogen) atoms. The molecule has 0 radical (unpaired) electrons. The highest BCUT2D eigenvalue weighted by molar-refractivity contribution is 5.37. The van der Waals surface area contributed by atoms with E-state index < -0.39 is 0 Å². The maximum absolute atomic E-state index is 5.61. The number of aryl methyl sites for hydroxylation is 1. The predicted molar refractivity (Wildman–Crippen MR) is 58.5 cm³/mol. The molecular weight excluding hydrogens is 172 g/mol. The van der Waals surface area contributed by atoms with E-state index in [1.165, 1.54) is 16.7 Å². The van der Waals surface area contributed by atoms with Gasteiger partial charge in [-0.2, -0.15) is 0 Å². The molecule has 76 valence electrons. The van der Waals surface area contributed by atoms with Crippen molar-refractivity contribution in [2.75, 3.05) is 6.61 Å². The highest BCUT2D eigenvalue weighted by Crippen LogP contribution is 2.32. The molecule has 1 heteroatoms. The maximum atomic E-state index is 5.61. The predicted octanol–water partition coefficient (Wildman–Crippen LogP) is 3.06. The van der Waals surface area contributed by atoms with Crippen LogP contribution in [0.5, 0.6) is 0 Å². The molecule has 0 atom stereocenters. The van der Waals surface area contributed by atoms with E-state index in [1.54, 1.807) is 0 Å². The van der Waals surface area contributed by atoms with Crippen molar-refractivity contribution in [3.63, 3.8) is 0 Å². The summed E-state index contributed by atoms with van der Waals surface area (Å²) in [5.74, 6) is 0. The Hall–Kier alpha value is -0.820. The summed E-state index contributed by atoms with van der Waals surface area (Å²) in [5.41, 5.74) is 4.42. The van der Waals surface area contributed by atoms with Gasteiger partial charge >= 0.3 is 0 Å². The van der Waals surface area contributed by atoms with Gasteiger partial charge in [-0.25, -0.2) is 0 Å². The number of hydrogen-bond acceptors (Lipinski definition) is 1. The van der Waals surface area contributed by atoms with E-state index in [4.69, 9.17) is 4.74 Å². The molecule has 0 fully saturated rings. The topological polar surface area (TPSA) is 9.23 Å². The average Bonchev–Trinajstić information content (AvgIpc) is 2.16. The van der Waals surface area contributed by atoms with Gasteiger partial charge in [-0.1, -0.05) is 39.0 Å². The minimum absolute atomic E-state index is 0.180. The van der Waals surface area contributed by atoms with Crippen molar-refractivity contribution in [2.45, 2.75) is 39.2 Å². The second-order valence-electron chi connectivity index (χ2n) is 4.72. The van der Waals surface area contributed by atoms with Crippen LogP contribution >= 0.6 is 0 Å². The standard InChI is InChI=1S/C13H18O/c1-4-10-5-6-12-11(7-10)8-14-9-13(12,2)3/h5-7H,4,8-9H2,1-3H3. The summed E-state index contributed by atoms with van der Waals surface area (Å²) in [6, 6.07) is 6.80. The Morgan fingerprint density at radius 3 is 2.86 bits per heavy atom. The molecule has 0 saturated carbocycles. The smallest absolute Gasteiger partial charge is 0.0720 e. The van der Waals surface area contributed by atoms with Crippen molar-refractivity contribution < 1.29 is 4.74 Å². The Labute approximate surface area is 86.1 Å². The molecule has 0 N–H and O–H groups in total. The Bertz CT molecular complexity index is 339. The minimum Gasteiger partial charge on any atom is -0.376 e. The van der Waals surface area contributed by atoms with Crippen LogP contribution in [0.3, 0.4) is 0 Å². The fraction of sp³-hybridized carbons (Fsp3) is 0.538. The van der Waals surface area contributed by atoms with Crippen LogP contribution in [0.4, 0.5) is 0 Å². The van der Waals surface area contributed by atoms with Crippen molar-refractivity contribution in [1.29, 1.82) is 0 Å². The quantitative estimate of drug-likeness (QED) is 0.661. The number of fused-ring (bicyclic) bond motifs is 1. The second kappa shape index (κ2) is 3.39. The molecule has 2 rings (SSSR count). The number of rotatable bonds is 1. The van der Waals surface area contributed by atoms with Gasteiger partial charge in [0.05, 0.1) is 13.2 Å². The summed E-state index contributed by atoms with van der Waals surface area (Å²) in [5, 5.41) is 0. The van der Waals surface area contributed by atoms with E-state index in [9.17, 15) is 0 Å². The fourth-order valence-corrected chi connectivity index (χ4v) is 2.14. The van der Waals surface area contributed by atoms with Gasteiger partial charge in [0, 0.05) is 5.41 Å². The Morgan fingerprint density at radius 2 is 2.14 bits per heavy atom. The van der Waals surface area contributed by atoms with Crippen molar-refractivity contribution >= 4 is 0 Å². The van der Waals surface area contributed by atoms with Crippen LogP contribution in [0.25, 0.3) is 0 Å². The highest BCUT2D eigenvalue weighted by atomic mass is 16.5. The van der Waals surface area contributed by atoms with Crippen LogP contribution in [-0.4, -0.2) is 6.61 Å². The van der Waals surface area contributed by atoms with Gasteiger partial charge in [-0.3, -0.25) is 0 Å². The lowest BCUT2D eigenvalue weighted by Gasteiger charge is -2.32. The van der Waals surface area contributed by atoms with E-state index in [-0.39, 0.29) is 5.41 Å². The number of hydrogen-bond donors (Lipinski definition) is 0. The second-order valence-corrected chi connectivity index (χ2v) is 4.72. The van der Waals surface area contributed by atoms with Crippen LogP contribution in [0, 0.1) is 0 Å². The summed E-state index contributed by atoms with van der Waals surface area (Å²) in [6.45, 7) is 8.31. The van der Waals surface area contributed by atoms with Gasteiger partial charge in [0.15, 0.2) is 0 Å². The molecule has 1 nitrogen and oxygen atoms in total. The lowest BCUT2D eigenvalue weighted by atomic mass is 9.80. The largest absolute Gasteiger partial charge is 0.376 e. The van der Waals surface area contributed by atoms with Crippen molar-refractivity contribution in [1.82, 2.24) is 0 Å². The third-order valence-electron chi connectivity index (χ3n) is 3.03. The molecule has 0 spiro atoms. The van der Waals surface area contributed by atoms with Gasteiger partial charge < -0.3 is 4.74 Å². The molecule has 1 aromatic rings. The summed E-state index contributed by atoms with van der Waals surface area (Å²) in [4.78, 5) is 0. The van der Waals surface area contributed by atoms with Crippen LogP contribution in [-0.2, 0) is 23.2 Å². The van der Waals surface area contributed by atoms with Crippen molar-refractivity contribution in [2.24, 2.45) is 0 Å². The molecule has 0 unspecified atom stereocenters. The molecule has 0 amide bonds. The number of benzene rings is 1. The SMILES string of the molecule is CCc1ccc2c(c1)COCC2(C)C. The molecular formula is C13H18O. The van der Waals surface area contributed by atoms with E-state index in [0.717, 1.165) is 19.6 Å². The fourth-order valence-electron chi connectivity index (χ4n) is 2.14. The summed E-state index contributed by atoms with van der Waals surface area (Å²) >= 11 is 0. The van der Waals surface area contributed by atoms with E-state index in [0.29, 0.717) is 0 Å². The van der Waals surface area contributed by atoms with Gasteiger partial charge in [-0.05, 0) is 23.1 Å². The van der Waals surface area contributed by atoms with Crippen LogP contribution in [0.1, 0.15) is 37.5 Å². The Kier molecular flexibility index (Phi) is 2.36. The highest BCUT2D eigenvalue weighted by Gasteiger charge is 2.27. The van der Waals surface area contributed by atoms with Crippen LogP contribution in [0.2, 0.25) is 0 Å². The number of ether oxygens (including phenoxy) is 1. The molecule has 1 aliphatic heterocycles. The lowest BCUT2D eigenvalue weighted by molar-refractivity contribution is 0.0641. The van der Waals surface area contributed by atoms with Gasteiger partial charge in [0.2, 0.25) is 0 Å². The zero-order chi connectivity index (χ0) is 10.2. The molecule has 1 heterocycles. The molecule has 0 saturated heterocycles. The van der Waals surface area contributed by atoms with E-state index in [2.05, 4.69) is 39.0 Å². The Balaban J connectivity index is 2.46. The molecule has 1 aromatic carbocycles. The molecule has 1 aliphatic rings. The average molecular weight is 190 g/mol. The zero-order valence-electron chi connectivity index (χ0n) is 9.26. The monoisotopic (exact) mass is 190 g/mol. The first-order valence-electron chi connectivity index (χ1n) is 5.33.